The molecule has 0 aromatic carbocycles. The van der Waals surface area contributed by atoms with Crippen molar-refractivity contribution in [2.24, 2.45) is 12.5 Å². The number of nitrogens with zero attached hydrogens (tertiary/aromatic N) is 4. The molecule has 0 spiro atoms. The van der Waals surface area contributed by atoms with E-state index in [1.54, 1.807) is 0 Å². The monoisotopic (exact) mass is 308 g/mol. The van der Waals surface area contributed by atoms with Crippen LogP contribution < -0.4 is 0 Å². The van der Waals surface area contributed by atoms with Gasteiger partial charge in [-0.25, -0.2) is 4.98 Å². The van der Waals surface area contributed by atoms with Gasteiger partial charge in [-0.2, -0.15) is 5.10 Å². The van der Waals surface area contributed by atoms with Gasteiger partial charge in [0.05, 0.1) is 11.1 Å². The zero-order valence-corrected chi connectivity index (χ0v) is 14.2. The maximum Gasteiger partial charge on any atom is 0.158 e. The van der Waals surface area contributed by atoms with Crippen LogP contribution in [0.5, 0.6) is 0 Å². The first-order chi connectivity index (χ1) is 10.0. The molecule has 1 aliphatic rings. The number of hydrogen-bond donors (Lipinski definition) is 0. The Morgan fingerprint density at radius 2 is 2.05 bits per heavy atom. The summed E-state index contributed by atoms with van der Waals surface area (Å²) in [6.07, 6.45) is 6.11. The molecule has 4 nitrogen and oxygen atoms in total. The molecule has 2 aromatic rings. The van der Waals surface area contributed by atoms with Crippen LogP contribution in [0.3, 0.4) is 0 Å². The van der Waals surface area contributed by atoms with E-state index in [9.17, 15) is 0 Å². The van der Waals surface area contributed by atoms with E-state index in [2.05, 4.69) is 23.5 Å². The lowest BCUT2D eigenvalue weighted by atomic mass is 9.67. The molecule has 0 bridgehead atoms. The lowest BCUT2D eigenvalue weighted by molar-refractivity contribution is 0.100. The predicted molar refractivity (Wildman–Crippen MR) is 86.7 cm³/mol. The van der Waals surface area contributed by atoms with Gasteiger partial charge in [0.25, 0.3) is 0 Å². The average Bonchev–Trinajstić information content (AvgIpc) is 2.92. The number of rotatable bonds is 5. The quantitative estimate of drug-likeness (QED) is 0.776. The molecule has 0 saturated heterocycles. The topological polar surface area (TPSA) is 35.6 Å². The first kappa shape index (κ1) is 14.9. The Kier molecular flexibility index (Phi) is 3.76. The molecule has 1 saturated carbocycles. The van der Waals surface area contributed by atoms with Crippen molar-refractivity contribution < 1.29 is 0 Å². The van der Waals surface area contributed by atoms with Gasteiger partial charge in [0.2, 0.25) is 0 Å². The van der Waals surface area contributed by atoms with Crippen molar-refractivity contribution in [1.29, 1.82) is 0 Å². The van der Waals surface area contributed by atoms with E-state index in [-0.39, 0.29) is 5.38 Å². The van der Waals surface area contributed by atoms with Crippen molar-refractivity contribution >= 4 is 22.8 Å². The van der Waals surface area contributed by atoms with E-state index in [0.717, 1.165) is 35.6 Å². The number of halogens is 1. The van der Waals surface area contributed by atoms with Crippen molar-refractivity contribution in [3.05, 3.63) is 11.5 Å². The molecule has 0 N–H and O–H groups in total. The summed E-state index contributed by atoms with van der Waals surface area (Å²) in [6.45, 7) is 7.47. The molecule has 0 radical (unpaired) electrons. The summed E-state index contributed by atoms with van der Waals surface area (Å²) in [5.74, 6) is 0.995. The summed E-state index contributed by atoms with van der Waals surface area (Å²) >= 11 is 6.40. The van der Waals surface area contributed by atoms with Crippen LogP contribution in [-0.4, -0.2) is 19.3 Å². The Bertz CT molecular complexity index is 643. The van der Waals surface area contributed by atoms with Crippen LogP contribution in [0, 0.1) is 5.41 Å². The van der Waals surface area contributed by atoms with Crippen LogP contribution >= 0.6 is 11.6 Å². The molecule has 5 heteroatoms. The van der Waals surface area contributed by atoms with Crippen molar-refractivity contribution in [3.8, 4) is 0 Å². The number of aryl methyl sites for hydroxylation is 2. The lowest BCUT2D eigenvalue weighted by Crippen LogP contribution is -2.34. The Balaban J connectivity index is 2.14. The summed E-state index contributed by atoms with van der Waals surface area (Å²) in [7, 11) is 2.02. The molecular formula is C16H25ClN4. The summed E-state index contributed by atoms with van der Waals surface area (Å²) in [5, 5.41) is 4.55. The van der Waals surface area contributed by atoms with E-state index in [0.29, 0.717) is 5.41 Å². The van der Waals surface area contributed by atoms with Crippen molar-refractivity contribution in [1.82, 2.24) is 19.3 Å². The molecule has 1 aliphatic carbocycles. The van der Waals surface area contributed by atoms with Crippen LogP contribution in [0.4, 0.5) is 0 Å². The highest BCUT2D eigenvalue weighted by atomic mass is 35.5. The Labute approximate surface area is 131 Å². The van der Waals surface area contributed by atoms with Gasteiger partial charge in [-0.1, -0.05) is 20.3 Å². The second kappa shape index (κ2) is 5.31. The van der Waals surface area contributed by atoms with Gasteiger partial charge in [0.1, 0.15) is 11.3 Å². The molecule has 116 valence electrons. The maximum absolute atomic E-state index is 6.40. The smallest absolute Gasteiger partial charge is 0.158 e. The minimum atomic E-state index is -0.0731. The van der Waals surface area contributed by atoms with Gasteiger partial charge >= 0.3 is 0 Å². The first-order valence-corrected chi connectivity index (χ1v) is 8.51. The zero-order valence-electron chi connectivity index (χ0n) is 13.5. The van der Waals surface area contributed by atoms with Crippen molar-refractivity contribution in [3.63, 3.8) is 0 Å². The third-order valence-electron chi connectivity index (χ3n) is 5.17. The number of hydrogen-bond acceptors (Lipinski definition) is 2. The zero-order chi connectivity index (χ0) is 15.2. The fourth-order valence-corrected chi connectivity index (χ4v) is 3.76. The summed E-state index contributed by atoms with van der Waals surface area (Å²) in [5.41, 5.74) is 3.68. The SMILES string of the molecule is CCc1nn(C)c2c1nc(C(C)Cl)n2CC1(CC)CCC1. The van der Waals surface area contributed by atoms with Gasteiger partial charge in [-0.3, -0.25) is 4.68 Å². The molecule has 0 amide bonds. The molecule has 21 heavy (non-hydrogen) atoms. The van der Waals surface area contributed by atoms with Crippen LogP contribution in [0.25, 0.3) is 11.2 Å². The Hall–Kier alpha value is -1.03. The molecule has 0 aliphatic heterocycles. The molecule has 3 rings (SSSR count). The minimum absolute atomic E-state index is 0.0731. The van der Waals surface area contributed by atoms with E-state index < -0.39 is 0 Å². The van der Waals surface area contributed by atoms with Crippen LogP contribution in [0.1, 0.15) is 63.3 Å². The Morgan fingerprint density at radius 3 is 2.52 bits per heavy atom. The van der Waals surface area contributed by atoms with E-state index >= 15 is 0 Å². The van der Waals surface area contributed by atoms with E-state index in [1.165, 1.54) is 25.7 Å². The fourth-order valence-electron chi connectivity index (χ4n) is 3.59. The first-order valence-electron chi connectivity index (χ1n) is 8.07. The third-order valence-corrected chi connectivity index (χ3v) is 5.36. The minimum Gasteiger partial charge on any atom is -0.311 e. The predicted octanol–water partition coefficient (Wildman–Crippen LogP) is 4.21. The third kappa shape index (κ3) is 2.28. The summed E-state index contributed by atoms with van der Waals surface area (Å²) < 4.78 is 4.31. The highest BCUT2D eigenvalue weighted by Gasteiger charge is 2.37. The number of fused-ring (bicyclic) bond motifs is 1. The molecule has 1 atom stereocenters. The van der Waals surface area contributed by atoms with Crippen molar-refractivity contribution in [2.75, 3.05) is 0 Å². The normalized spacial score (nSPS) is 18.9. The van der Waals surface area contributed by atoms with Crippen LogP contribution in [0.2, 0.25) is 0 Å². The molecule has 1 fully saturated rings. The van der Waals surface area contributed by atoms with E-state index in [4.69, 9.17) is 16.6 Å². The second-order valence-corrected chi connectivity index (χ2v) is 7.13. The van der Waals surface area contributed by atoms with Gasteiger partial charge in [0.15, 0.2) is 5.65 Å². The largest absolute Gasteiger partial charge is 0.311 e. The maximum atomic E-state index is 6.40. The van der Waals surface area contributed by atoms with Gasteiger partial charge in [0, 0.05) is 13.6 Å². The number of imidazole rings is 1. The van der Waals surface area contributed by atoms with Gasteiger partial charge in [-0.05, 0) is 38.0 Å². The highest BCUT2D eigenvalue weighted by Crippen LogP contribution is 2.46. The summed E-state index contributed by atoms with van der Waals surface area (Å²) in [6, 6.07) is 0. The van der Waals surface area contributed by atoms with E-state index in [1.807, 2.05) is 18.7 Å². The van der Waals surface area contributed by atoms with Gasteiger partial charge < -0.3 is 4.57 Å². The standard InChI is InChI=1S/C16H25ClN4/c1-5-12-13-15(20(4)19-12)21(14(18-13)11(3)17)10-16(6-2)8-7-9-16/h11H,5-10H2,1-4H3. The lowest BCUT2D eigenvalue weighted by Gasteiger charge is -2.42. The second-order valence-electron chi connectivity index (χ2n) is 6.48. The molecule has 2 aromatic heterocycles. The fraction of sp³-hybridized carbons (Fsp3) is 0.750. The number of alkyl halides is 1. The van der Waals surface area contributed by atoms with Crippen molar-refractivity contribution in [2.45, 2.75) is 64.8 Å². The average molecular weight is 309 g/mol. The molecular weight excluding hydrogens is 284 g/mol. The Morgan fingerprint density at radius 1 is 1.33 bits per heavy atom. The number of aromatic nitrogens is 4. The molecule has 2 heterocycles. The van der Waals surface area contributed by atoms with Crippen LogP contribution in [-0.2, 0) is 20.0 Å². The van der Waals surface area contributed by atoms with Gasteiger partial charge in [-0.15, -0.1) is 11.6 Å². The molecule has 1 unspecified atom stereocenters. The summed E-state index contributed by atoms with van der Waals surface area (Å²) in [4.78, 5) is 4.83. The van der Waals surface area contributed by atoms with Crippen LogP contribution in [0.15, 0.2) is 0 Å². The highest BCUT2D eigenvalue weighted by molar-refractivity contribution is 6.20.